The first kappa shape index (κ1) is 17.0. The number of methoxy groups -OCH3 is 1. The van der Waals surface area contributed by atoms with Crippen molar-refractivity contribution in [3.8, 4) is 11.8 Å². The van der Waals surface area contributed by atoms with Crippen LogP contribution in [0.1, 0.15) is 22.8 Å². The van der Waals surface area contributed by atoms with E-state index in [1.165, 1.54) is 13.0 Å². The molecule has 0 bridgehead atoms. The maximum atomic E-state index is 12.4. The number of allylic oxidation sites excluding steroid dienone is 1. The van der Waals surface area contributed by atoms with Gasteiger partial charge in [-0.25, -0.2) is 0 Å². The number of nitrogens with one attached hydrogen (secondary N) is 1. The highest BCUT2D eigenvalue weighted by atomic mass is 16.5. The van der Waals surface area contributed by atoms with Crippen LogP contribution in [0.4, 0.5) is 5.69 Å². The van der Waals surface area contributed by atoms with Crippen molar-refractivity contribution in [2.24, 2.45) is 0 Å². The van der Waals surface area contributed by atoms with Gasteiger partial charge in [-0.1, -0.05) is 12.1 Å². The summed E-state index contributed by atoms with van der Waals surface area (Å²) in [5, 5.41) is 11.9. The quantitative estimate of drug-likeness (QED) is 0.520. The molecule has 0 atom stereocenters. The fourth-order valence-corrected chi connectivity index (χ4v) is 2.08. The van der Waals surface area contributed by atoms with Crippen LogP contribution < -0.4 is 10.1 Å². The zero-order chi connectivity index (χ0) is 17.5. The molecule has 1 amide bonds. The maximum absolute atomic E-state index is 12.4. The number of benzene rings is 2. The number of carbonyl (C=O) groups excluding carboxylic acids is 2. The Hall–Kier alpha value is -3.39. The Morgan fingerprint density at radius 1 is 1.08 bits per heavy atom. The summed E-state index contributed by atoms with van der Waals surface area (Å²) in [5.41, 5.74) is 1.80. The van der Waals surface area contributed by atoms with Gasteiger partial charge in [0.15, 0.2) is 0 Å². The summed E-state index contributed by atoms with van der Waals surface area (Å²) >= 11 is 0. The molecule has 24 heavy (non-hydrogen) atoms. The van der Waals surface area contributed by atoms with Crippen LogP contribution in [0.2, 0.25) is 0 Å². The molecule has 2 aromatic carbocycles. The first-order valence-corrected chi connectivity index (χ1v) is 7.21. The van der Waals surface area contributed by atoms with Crippen molar-refractivity contribution in [2.75, 3.05) is 12.4 Å². The van der Waals surface area contributed by atoms with Crippen LogP contribution >= 0.6 is 0 Å². The van der Waals surface area contributed by atoms with Gasteiger partial charge in [-0.3, -0.25) is 9.59 Å². The second kappa shape index (κ2) is 7.75. The van der Waals surface area contributed by atoms with Crippen LogP contribution in [0, 0.1) is 11.3 Å². The lowest BCUT2D eigenvalue weighted by Gasteiger charge is -2.04. The van der Waals surface area contributed by atoms with Gasteiger partial charge in [0.2, 0.25) is 11.7 Å². The third kappa shape index (κ3) is 4.31. The predicted molar refractivity (Wildman–Crippen MR) is 91.7 cm³/mol. The molecule has 0 fully saturated rings. The molecule has 5 heteroatoms. The van der Waals surface area contributed by atoms with Gasteiger partial charge < -0.3 is 10.1 Å². The molecule has 0 aromatic heterocycles. The molecular weight excluding hydrogens is 304 g/mol. The highest BCUT2D eigenvalue weighted by Gasteiger charge is 2.12. The second-order valence-corrected chi connectivity index (χ2v) is 5.03. The minimum Gasteiger partial charge on any atom is -0.497 e. The zero-order valence-corrected chi connectivity index (χ0v) is 13.4. The van der Waals surface area contributed by atoms with E-state index in [0.717, 1.165) is 0 Å². The van der Waals surface area contributed by atoms with Crippen molar-refractivity contribution in [1.82, 2.24) is 0 Å². The first-order chi connectivity index (χ1) is 11.5. The lowest BCUT2D eigenvalue weighted by atomic mass is 10.0. The Bertz CT molecular complexity index is 813. The number of nitriles is 1. The summed E-state index contributed by atoms with van der Waals surface area (Å²) in [5.74, 6) is 0.124. The lowest BCUT2D eigenvalue weighted by molar-refractivity contribution is -0.114. The highest BCUT2D eigenvalue weighted by Crippen LogP contribution is 2.17. The Morgan fingerprint density at radius 2 is 1.71 bits per heavy atom. The molecule has 0 aliphatic heterocycles. The maximum Gasteiger partial charge on any atom is 0.221 e. The van der Waals surface area contributed by atoms with Gasteiger partial charge >= 0.3 is 0 Å². The molecular formula is C19H16N2O3. The second-order valence-electron chi connectivity index (χ2n) is 5.03. The summed E-state index contributed by atoms with van der Waals surface area (Å²) < 4.78 is 5.05. The number of hydrogen-bond donors (Lipinski definition) is 1. The van der Waals surface area contributed by atoms with Crippen molar-refractivity contribution in [1.29, 1.82) is 5.26 Å². The van der Waals surface area contributed by atoms with E-state index in [1.807, 2.05) is 6.07 Å². The van der Waals surface area contributed by atoms with Crippen LogP contribution in [0.5, 0.6) is 5.75 Å². The molecule has 2 aromatic rings. The Kier molecular flexibility index (Phi) is 5.48. The van der Waals surface area contributed by atoms with Crippen molar-refractivity contribution in [3.05, 3.63) is 65.2 Å². The number of Topliss-reactive ketones (excluding diaryl/α,β-unsaturated/α-hetero) is 1. The number of ketones is 1. The molecule has 120 valence electrons. The number of hydrogen-bond acceptors (Lipinski definition) is 4. The SMILES string of the molecule is COc1ccc(C(=O)/C(C#N)=C/c2ccc(NC(C)=O)cc2)cc1. The van der Waals surface area contributed by atoms with Crippen LogP contribution in [-0.4, -0.2) is 18.8 Å². The van der Waals surface area contributed by atoms with E-state index in [9.17, 15) is 14.9 Å². The van der Waals surface area contributed by atoms with E-state index < -0.39 is 0 Å². The van der Waals surface area contributed by atoms with Crippen LogP contribution in [0.3, 0.4) is 0 Å². The molecule has 0 saturated heterocycles. The lowest BCUT2D eigenvalue weighted by Crippen LogP contribution is -2.05. The van der Waals surface area contributed by atoms with Crippen LogP contribution in [0.25, 0.3) is 6.08 Å². The Balaban J connectivity index is 2.23. The molecule has 1 N–H and O–H groups in total. The smallest absolute Gasteiger partial charge is 0.221 e. The third-order valence-electron chi connectivity index (χ3n) is 3.26. The summed E-state index contributed by atoms with van der Waals surface area (Å²) in [7, 11) is 1.54. The molecule has 2 rings (SSSR count). The Labute approximate surface area is 140 Å². The van der Waals surface area contributed by atoms with Gasteiger partial charge in [0, 0.05) is 18.2 Å². The molecule has 0 saturated carbocycles. The van der Waals surface area contributed by atoms with E-state index >= 15 is 0 Å². The Morgan fingerprint density at radius 3 is 2.21 bits per heavy atom. The van der Waals surface area contributed by atoms with E-state index in [1.54, 1.807) is 55.6 Å². The zero-order valence-electron chi connectivity index (χ0n) is 13.4. The van der Waals surface area contributed by atoms with Crippen molar-refractivity contribution in [3.63, 3.8) is 0 Å². The van der Waals surface area contributed by atoms with Gasteiger partial charge in [0.05, 0.1) is 7.11 Å². The molecule has 5 nitrogen and oxygen atoms in total. The van der Waals surface area contributed by atoms with Crippen molar-refractivity contribution >= 4 is 23.5 Å². The van der Waals surface area contributed by atoms with E-state index in [-0.39, 0.29) is 17.3 Å². The average molecular weight is 320 g/mol. The minimum atomic E-state index is -0.355. The number of amides is 1. The van der Waals surface area contributed by atoms with E-state index in [2.05, 4.69) is 5.32 Å². The van der Waals surface area contributed by atoms with Crippen molar-refractivity contribution < 1.29 is 14.3 Å². The molecule has 0 aliphatic rings. The fraction of sp³-hybridized carbons (Fsp3) is 0.105. The van der Waals surface area contributed by atoms with Gasteiger partial charge in [-0.15, -0.1) is 0 Å². The summed E-state index contributed by atoms with van der Waals surface area (Å²) in [6, 6.07) is 15.4. The molecule has 0 aliphatic carbocycles. The standard InChI is InChI=1S/C19H16N2O3/c1-13(22)21-17-7-3-14(4-8-17)11-16(12-20)19(23)15-5-9-18(24-2)10-6-15/h3-11H,1-2H3,(H,21,22)/b16-11+. The summed E-state index contributed by atoms with van der Waals surface area (Å²) in [6.07, 6.45) is 1.52. The molecule has 0 heterocycles. The number of ether oxygens (including phenoxy) is 1. The highest BCUT2D eigenvalue weighted by molar-refractivity contribution is 6.14. The van der Waals surface area contributed by atoms with Gasteiger partial charge in [-0.05, 0) is 48.0 Å². The number of nitrogens with zero attached hydrogens (tertiary/aromatic N) is 1. The van der Waals surface area contributed by atoms with Crippen LogP contribution in [0.15, 0.2) is 54.1 Å². The first-order valence-electron chi connectivity index (χ1n) is 7.21. The van der Waals surface area contributed by atoms with Crippen LogP contribution in [-0.2, 0) is 4.79 Å². The molecule has 0 spiro atoms. The molecule has 0 unspecified atom stereocenters. The largest absolute Gasteiger partial charge is 0.497 e. The summed E-state index contributed by atoms with van der Waals surface area (Å²) in [4.78, 5) is 23.4. The fourth-order valence-electron chi connectivity index (χ4n) is 2.08. The minimum absolute atomic E-state index is 0.0347. The van der Waals surface area contributed by atoms with Gasteiger partial charge in [-0.2, -0.15) is 5.26 Å². The van der Waals surface area contributed by atoms with Crippen molar-refractivity contribution in [2.45, 2.75) is 6.92 Å². The summed E-state index contributed by atoms with van der Waals surface area (Å²) in [6.45, 7) is 1.43. The number of anilines is 1. The molecule has 0 radical (unpaired) electrons. The normalized spacial score (nSPS) is 10.6. The number of carbonyl (C=O) groups is 2. The monoisotopic (exact) mass is 320 g/mol. The number of rotatable bonds is 5. The average Bonchev–Trinajstić information content (AvgIpc) is 2.60. The van der Waals surface area contributed by atoms with E-state index in [0.29, 0.717) is 22.6 Å². The van der Waals surface area contributed by atoms with Gasteiger partial charge in [0.1, 0.15) is 17.4 Å². The topological polar surface area (TPSA) is 79.2 Å². The third-order valence-corrected chi connectivity index (χ3v) is 3.26. The van der Waals surface area contributed by atoms with E-state index in [4.69, 9.17) is 4.74 Å². The van der Waals surface area contributed by atoms with Gasteiger partial charge in [0.25, 0.3) is 0 Å². The predicted octanol–water partition coefficient (Wildman–Crippen LogP) is 3.44.